The number of ether oxygens (including phenoxy) is 2. The van der Waals surface area contributed by atoms with Gasteiger partial charge in [0.2, 0.25) is 12.1 Å². The Bertz CT molecular complexity index is 1660. The van der Waals surface area contributed by atoms with Crippen molar-refractivity contribution in [2.45, 2.75) is 31.7 Å². The summed E-state index contributed by atoms with van der Waals surface area (Å²) in [6.07, 6.45) is 8.75. The third-order valence-electron chi connectivity index (χ3n) is 7.22. The molecule has 1 unspecified atom stereocenters. The number of hydrogen-bond acceptors (Lipinski definition) is 9. The van der Waals surface area contributed by atoms with Crippen LogP contribution in [0.25, 0.3) is 22.9 Å². The van der Waals surface area contributed by atoms with Crippen molar-refractivity contribution in [2.75, 3.05) is 37.5 Å². The summed E-state index contributed by atoms with van der Waals surface area (Å²) < 4.78 is 12.6. The quantitative estimate of drug-likeness (QED) is 0.0945. The van der Waals surface area contributed by atoms with Crippen LogP contribution < -0.4 is 20.7 Å². The number of hydrogen-bond donors (Lipinski definition) is 4. The Hall–Kier alpha value is -5.01. The van der Waals surface area contributed by atoms with Crippen molar-refractivity contribution in [3.63, 3.8) is 0 Å². The lowest BCUT2D eigenvalue weighted by Crippen LogP contribution is -2.41. The van der Waals surface area contributed by atoms with Gasteiger partial charge in [0, 0.05) is 64.1 Å². The number of tetrazole rings is 1. The number of methoxy groups -OCH3 is 1. The average molecular weight is 634 g/mol. The summed E-state index contributed by atoms with van der Waals surface area (Å²) in [6, 6.07) is 13.9. The van der Waals surface area contributed by atoms with Crippen molar-refractivity contribution in [3.8, 4) is 16.8 Å². The van der Waals surface area contributed by atoms with Gasteiger partial charge < -0.3 is 20.1 Å². The van der Waals surface area contributed by atoms with Crippen LogP contribution >= 0.6 is 11.6 Å². The Morgan fingerprint density at radius 2 is 2.04 bits per heavy atom. The van der Waals surface area contributed by atoms with Crippen molar-refractivity contribution in [1.29, 1.82) is 0 Å². The third kappa shape index (κ3) is 8.34. The zero-order chi connectivity index (χ0) is 31.6. The highest BCUT2D eigenvalue weighted by atomic mass is 35.5. The van der Waals surface area contributed by atoms with Crippen LogP contribution in [-0.2, 0) is 14.3 Å². The van der Waals surface area contributed by atoms with Gasteiger partial charge in [0.25, 0.3) is 5.69 Å². The molecule has 2 aromatic carbocycles. The standard InChI is InChI=1S/C31H33ClN8O5/c1-44-15-16-45-31(42)35-24-8-9-25-21-12-14-40(43)29(18-21)26(5-3-2-4-13-33-27(25)19-24)36-30(41)11-6-22-17-23(32)7-10-28(22)39-20-34-37-38-39/h6-12,14,17-20,26,43H,2-5,13,15-16H2,1H3,(H2,33,35,36,41,42)/p+1/b11-6+,25-21?. The molecule has 0 aliphatic carbocycles. The fourth-order valence-corrected chi connectivity index (χ4v) is 5.20. The number of anilines is 2. The van der Waals surface area contributed by atoms with Crippen LogP contribution in [0.1, 0.15) is 43.0 Å². The molecule has 2 bridgehead atoms. The molecule has 0 radical (unpaired) electrons. The van der Waals surface area contributed by atoms with Crippen LogP contribution in [0.15, 0.2) is 67.1 Å². The Labute approximate surface area is 264 Å². The molecular formula is C31H34ClN8O5+. The number of fused-ring (bicyclic) bond motifs is 4. The number of rotatable bonds is 8. The number of pyridine rings is 1. The summed E-state index contributed by atoms with van der Waals surface area (Å²) in [5.74, 6) is -0.338. The van der Waals surface area contributed by atoms with E-state index in [0.717, 1.165) is 47.4 Å². The van der Waals surface area contributed by atoms with Gasteiger partial charge in [-0.05, 0) is 65.2 Å². The molecule has 1 atom stereocenters. The van der Waals surface area contributed by atoms with E-state index < -0.39 is 12.1 Å². The molecule has 4 N–H and O–H groups in total. The zero-order valence-corrected chi connectivity index (χ0v) is 25.4. The number of nitrogens with zero attached hydrogens (tertiary/aromatic N) is 5. The van der Waals surface area contributed by atoms with E-state index in [0.29, 0.717) is 40.7 Å². The molecular weight excluding hydrogens is 600 g/mol. The summed E-state index contributed by atoms with van der Waals surface area (Å²) in [6.45, 7) is 1.18. The van der Waals surface area contributed by atoms with E-state index in [4.69, 9.17) is 21.1 Å². The summed E-state index contributed by atoms with van der Waals surface area (Å²) in [5.41, 5.74) is 4.93. The molecule has 13 nitrogen and oxygen atoms in total. The molecule has 14 heteroatoms. The molecule has 1 aliphatic rings. The van der Waals surface area contributed by atoms with Crippen LogP contribution in [0.2, 0.25) is 5.02 Å². The Kier molecular flexibility index (Phi) is 10.6. The van der Waals surface area contributed by atoms with Gasteiger partial charge in [0.05, 0.1) is 12.3 Å². The number of carbonyl (C=O) groups is 2. The number of aromatic nitrogens is 5. The van der Waals surface area contributed by atoms with E-state index in [-0.39, 0.29) is 12.5 Å². The predicted octanol–water partition coefficient (Wildman–Crippen LogP) is 4.56. The average Bonchev–Trinajstić information content (AvgIpc) is 3.56. The summed E-state index contributed by atoms with van der Waals surface area (Å²) in [4.78, 5) is 25.4. The normalized spacial score (nSPS) is 14.8. The molecule has 0 saturated heterocycles. The van der Waals surface area contributed by atoms with Crippen molar-refractivity contribution in [2.24, 2.45) is 0 Å². The molecule has 45 heavy (non-hydrogen) atoms. The molecule has 0 fully saturated rings. The van der Waals surface area contributed by atoms with Gasteiger partial charge in [0.15, 0.2) is 0 Å². The van der Waals surface area contributed by atoms with Crippen molar-refractivity contribution in [1.82, 2.24) is 25.5 Å². The maximum Gasteiger partial charge on any atom is 0.411 e. The predicted molar refractivity (Wildman–Crippen MR) is 167 cm³/mol. The summed E-state index contributed by atoms with van der Waals surface area (Å²) >= 11 is 6.22. The maximum atomic E-state index is 13.2. The van der Waals surface area contributed by atoms with Crippen LogP contribution in [0.3, 0.4) is 0 Å². The van der Waals surface area contributed by atoms with E-state index in [2.05, 4.69) is 31.5 Å². The molecule has 2 aromatic heterocycles. The van der Waals surface area contributed by atoms with Gasteiger partial charge in [-0.2, -0.15) is 4.68 Å². The second-order valence-electron chi connectivity index (χ2n) is 10.3. The molecule has 1 aliphatic heterocycles. The maximum absolute atomic E-state index is 13.2. The van der Waals surface area contributed by atoms with E-state index in [9.17, 15) is 14.8 Å². The lowest BCUT2D eigenvalue weighted by molar-refractivity contribution is -0.910. The first-order chi connectivity index (χ1) is 21.9. The monoisotopic (exact) mass is 633 g/mol. The number of halogens is 1. The van der Waals surface area contributed by atoms with E-state index in [1.54, 1.807) is 42.6 Å². The highest BCUT2D eigenvalue weighted by Gasteiger charge is 2.26. The van der Waals surface area contributed by atoms with Crippen molar-refractivity contribution >= 4 is 41.1 Å². The first-order valence-corrected chi connectivity index (χ1v) is 14.9. The van der Waals surface area contributed by atoms with E-state index in [1.807, 2.05) is 18.2 Å². The number of benzene rings is 2. The van der Waals surface area contributed by atoms with Crippen LogP contribution in [0, 0.1) is 0 Å². The van der Waals surface area contributed by atoms with Gasteiger partial charge in [-0.3, -0.25) is 15.3 Å². The minimum Gasteiger partial charge on any atom is -0.447 e. The largest absolute Gasteiger partial charge is 0.447 e. The highest BCUT2D eigenvalue weighted by Crippen LogP contribution is 2.33. The lowest BCUT2D eigenvalue weighted by Gasteiger charge is -2.19. The smallest absolute Gasteiger partial charge is 0.411 e. The number of carbonyl (C=O) groups excluding carboxylic acids is 2. The second kappa shape index (κ2) is 15.1. The Morgan fingerprint density at radius 1 is 1.16 bits per heavy atom. The van der Waals surface area contributed by atoms with Gasteiger partial charge in [0.1, 0.15) is 19.0 Å². The first kappa shape index (κ1) is 31.4. The van der Waals surface area contributed by atoms with E-state index >= 15 is 0 Å². The molecule has 234 valence electrons. The fourth-order valence-electron chi connectivity index (χ4n) is 5.02. The van der Waals surface area contributed by atoms with Crippen molar-refractivity contribution < 1.29 is 29.0 Å². The van der Waals surface area contributed by atoms with Crippen LogP contribution in [0.4, 0.5) is 16.2 Å². The molecule has 4 aromatic rings. The van der Waals surface area contributed by atoms with Crippen molar-refractivity contribution in [3.05, 3.63) is 83.4 Å². The number of nitrogens with one attached hydrogen (secondary N) is 3. The SMILES string of the molecule is COCCOC(=O)Nc1ccc2c(c1)NCCCCCC(NC(=O)/C=C/c1cc(Cl)ccc1-n1cnnn1)c1cc-2cc[n+]1O. The highest BCUT2D eigenvalue weighted by molar-refractivity contribution is 6.30. The van der Waals surface area contributed by atoms with Crippen LogP contribution in [0.5, 0.6) is 0 Å². The molecule has 0 saturated carbocycles. The minimum absolute atomic E-state index is 0.148. The van der Waals surface area contributed by atoms with Gasteiger partial charge >= 0.3 is 6.09 Å². The Morgan fingerprint density at radius 3 is 2.87 bits per heavy atom. The number of amides is 2. The zero-order valence-electron chi connectivity index (χ0n) is 24.6. The summed E-state index contributed by atoms with van der Waals surface area (Å²) in [5, 5.41) is 31.9. The topological polar surface area (TPSA) is 156 Å². The molecule has 0 spiro atoms. The van der Waals surface area contributed by atoms with Gasteiger partial charge in [-0.25, -0.2) is 4.79 Å². The molecule has 2 amide bonds. The molecule has 3 heterocycles. The van der Waals surface area contributed by atoms with E-state index in [1.165, 1.54) is 24.2 Å². The molecule has 5 rings (SSSR count). The van der Waals surface area contributed by atoms with Crippen LogP contribution in [-0.4, -0.2) is 64.3 Å². The lowest BCUT2D eigenvalue weighted by atomic mass is 9.98. The second-order valence-corrected chi connectivity index (χ2v) is 10.8. The summed E-state index contributed by atoms with van der Waals surface area (Å²) in [7, 11) is 1.54. The fraction of sp³-hybridized carbons (Fsp3) is 0.290. The Balaban J connectivity index is 1.38. The minimum atomic E-state index is -0.571. The van der Waals surface area contributed by atoms with Gasteiger partial charge in [-0.1, -0.05) is 30.5 Å². The third-order valence-corrected chi connectivity index (χ3v) is 7.45. The van der Waals surface area contributed by atoms with Gasteiger partial charge in [-0.15, -0.1) is 5.10 Å². The first-order valence-electron chi connectivity index (χ1n) is 14.5.